The van der Waals surface area contributed by atoms with Crippen LogP contribution in [0.5, 0.6) is 5.75 Å². The topological polar surface area (TPSA) is 63.6 Å². The van der Waals surface area contributed by atoms with E-state index in [0.29, 0.717) is 12.0 Å². The van der Waals surface area contributed by atoms with Crippen molar-refractivity contribution >= 4 is 27.5 Å². The van der Waals surface area contributed by atoms with Crippen LogP contribution >= 0.6 is 15.9 Å². The van der Waals surface area contributed by atoms with Crippen molar-refractivity contribution in [2.24, 2.45) is 0 Å². The van der Waals surface area contributed by atoms with Crippen molar-refractivity contribution in [3.05, 3.63) is 40.1 Å². The number of benzene rings is 1. The molecule has 1 fully saturated rings. The third-order valence-electron chi connectivity index (χ3n) is 3.24. The first-order valence-corrected chi connectivity index (χ1v) is 6.60. The number of allylic oxidation sites excluding steroid dienone is 1. The fourth-order valence-corrected chi connectivity index (χ4v) is 2.79. The number of ketones is 2. The molecule has 1 aliphatic carbocycles. The number of halogens is 1. The Balaban J connectivity index is 2.34. The second-order valence-electron chi connectivity index (χ2n) is 4.38. The van der Waals surface area contributed by atoms with E-state index in [1.807, 2.05) is 12.1 Å². The van der Waals surface area contributed by atoms with E-state index < -0.39 is 0 Å². The van der Waals surface area contributed by atoms with E-state index in [2.05, 4.69) is 15.9 Å². The van der Waals surface area contributed by atoms with E-state index >= 15 is 0 Å². The maximum Gasteiger partial charge on any atom is 0.170 e. The number of carbonyl (C=O) groups excluding carboxylic acids is 2. The van der Waals surface area contributed by atoms with Gasteiger partial charge in [0.15, 0.2) is 11.6 Å². The number of hydrogen-bond acceptors (Lipinski definition) is 4. The SMILES string of the molecule is COc1ccc(Br)c(C2CC(=O)C(=CO)C(=O)C2)c1. The monoisotopic (exact) mass is 324 g/mol. The van der Waals surface area contributed by atoms with E-state index in [9.17, 15) is 9.59 Å². The number of Topliss-reactive ketones (excluding diaryl/α,β-unsaturated/α-hetero) is 2. The number of carbonyl (C=O) groups is 2. The molecule has 1 saturated carbocycles. The molecule has 1 aromatic carbocycles. The minimum atomic E-state index is -0.321. The van der Waals surface area contributed by atoms with Gasteiger partial charge in [-0.25, -0.2) is 0 Å². The Hall–Kier alpha value is -1.62. The predicted molar refractivity (Wildman–Crippen MR) is 73.4 cm³/mol. The number of rotatable bonds is 2. The van der Waals surface area contributed by atoms with E-state index in [1.165, 1.54) is 0 Å². The van der Waals surface area contributed by atoms with Gasteiger partial charge in [-0.3, -0.25) is 9.59 Å². The third kappa shape index (κ3) is 2.71. The Bertz CT molecular complexity index is 543. The lowest BCUT2D eigenvalue weighted by Crippen LogP contribution is -2.25. The van der Waals surface area contributed by atoms with Gasteiger partial charge in [0.05, 0.1) is 18.9 Å². The third-order valence-corrected chi connectivity index (χ3v) is 3.96. The molecule has 1 N–H and O–H groups in total. The van der Waals surface area contributed by atoms with E-state index in [0.717, 1.165) is 10.0 Å². The van der Waals surface area contributed by atoms with E-state index in [-0.39, 0.29) is 35.9 Å². The number of aliphatic hydroxyl groups excluding tert-OH is 1. The molecule has 100 valence electrons. The largest absolute Gasteiger partial charge is 0.515 e. The minimum absolute atomic E-state index is 0.102. The first-order chi connectivity index (χ1) is 9.06. The van der Waals surface area contributed by atoms with Gasteiger partial charge in [0.25, 0.3) is 0 Å². The fraction of sp³-hybridized carbons (Fsp3) is 0.286. The Morgan fingerprint density at radius 3 is 2.47 bits per heavy atom. The van der Waals surface area contributed by atoms with Gasteiger partial charge >= 0.3 is 0 Å². The van der Waals surface area contributed by atoms with Gasteiger partial charge in [-0.15, -0.1) is 0 Å². The molecule has 4 nitrogen and oxygen atoms in total. The highest BCUT2D eigenvalue weighted by atomic mass is 79.9. The van der Waals surface area contributed by atoms with Gasteiger partial charge in [-0.1, -0.05) is 15.9 Å². The highest BCUT2D eigenvalue weighted by Crippen LogP contribution is 2.37. The summed E-state index contributed by atoms with van der Waals surface area (Å²) in [6.07, 6.45) is 1.04. The lowest BCUT2D eigenvalue weighted by Gasteiger charge is -2.23. The molecule has 1 aromatic rings. The molecule has 0 spiro atoms. The fourth-order valence-electron chi connectivity index (χ4n) is 2.22. The molecular formula is C14H13BrO4. The smallest absolute Gasteiger partial charge is 0.170 e. The highest BCUT2D eigenvalue weighted by molar-refractivity contribution is 9.10. The van der Waals surface area contributed by atoms with Crippen LogP contribution in [0.3, 0.4) is 0 Å². The van der Waals surface area contributed by atoms with Gasteiger partial charge in [0.1, 0.15) is 5.75 Å². The summed E-state index contributed by atoms with van der Waals surface area (Å²) < 4.78 is 6.00. The standard InChI is InChI=1S/C14H13BrO4/c1-19-9-2-3-12(15)10(6-9)8-4-13(17)11(7-16)14(18)5-8/h2-3,6-8,16H,4-5H2,1H3. The van der Waals surface area contributed by atoms with Crippen molar-refractivity contribution in [1.29, 1.82) is 0 Å². The first-order valence-electron chi connectivity index (χ1n) is 5.81. The van der Waals surface area contributed by atoms with Gasteiger partial charge in [0.2, 0.25) is 0 Å². The van der Waals surface area contributed by atoms with Gasteiger partial charge in [-0.05, 0) is 29.7 Å². The Morgan fingerprint density at radius 2 is 1.95 bits per heavy atom. The summed E-state index contributed by atoms with van der Waals surface area (Å²) in [5.41, 5.74) is 0.772. The molecule has 0 aromatic heterocycles. The predicted octanol–water partition coefficient (Wildman–Crippen LogP) is 2.92. The van der Waals surface area contributed by atoms with Crippen LogP contribution in [-0.2, 0) is 9.59 Å². The molecular weight excluding hydrogens is 312 g/mol. The van der Waals surface area contributed by atoms with Crippen molar-refractivity contribution in [2.75, 3.05) is 7.11 Å². The summed E-state index contributed by atoms with van der Waals surface area (Å²) in [6.45, 7) is 0. The Kier molecular flexibility index (Phi) is 4.04. The van der Waals surface area contributed by atoms with Crippen molar-refractivity contribution in [2.45, 2.75) is 18.8 Å². The van der Waals surface area contributed by atoms with Gasteiger partial charge < -0.3 is 9.84 Å². The van der Waals surface area contributed by atoms with E-state index in [4.69, 9.17) is 9.84 Å². The normalized spacial score (nSPS) is 19.5. The molecule has 0 unspecified atom stereocenters. The molecule has 5 heteroatoms. The van der Waals surface area contributed by atoms with Crippen LogP contribution in [0.4, 0.5) is 0 Å². The maximum absolute atomic E-state index is 11.8. The number of methoxy groups -OCH3 is 1. The average Bonchev–Trinajstić information content (AvgIpc) is 2.39. The molecule has 0 radical (unpaired) electrons. The van der Waals surface area contributed by atoms with Gasteiger partial charge in [-0.2, -0.15) is 0 Å². The van der Waals surface area contributed by atoms with Crippen LogP contribution in [0.2, 0.25) is 0 Å². The van der Waals surface area contributed by atoms with Crippen molar-refractivity contribution < 1.29 is 19.4 Å². The second-order valence-corrected chi connectivity index (χ2v) is 5.24. The van der Waals surface area contributed by atoms with E-state index in [1.54, 1.807) is 13.2 Å². The lowest BCUT2D eigenvalue weighted by molar-refractivity contribution is -0.124. The summed E-state index contributed by atoms with van der Waals surface area (Å²) in [5, 5.41) is 8.89. The molecule has 0 heterocycles. The van der Waals surface area contributed by atoms with Gasteiger partial charge in [0, 0.05) is 17.3 Å². The summed E-state index contributed by atoms with van der Waals surface area (Å²) in [6, 6.07) is 5.46. The molecule has 0 atom stereocenters. The first kappa shape index (κ1) is 13.8. The molecule has 19 heavy (non-hydrogen) atoms. The number of ether oxygens (including phenoxy) is 1. The van der Waals surface area contributed by atoms with Crippen molar-refractivity contribution in [3.8, 4) is 5.75 Å². The zero-order valence-electron chi connectivity index (χ0n) is 10.4. The highest BCUT2D eigenvalue weighted by Gasteiger charge is 2.32. The van der Waals surface area contributed by atoms with Crippen LogP contribution in [0.1, 0.15) is 24.3 Å². The molecule has 0 saturated heterocycles. The Labute approximate surface area is 119 Å². The molecule has 0 aliphatic heterocycles. The van der Waals surface area contributed by atoms with Crippen LogP contribution in [0.15, 0.2) is 34.5 Å². The van der Waals surface area contributed by atoms with Crippen LogP contribution in [0.25, 0.3) is 0 Å². The zero-order chi connectivity index (χ0) is 14.0. The summed E-state index contributed by atoms with van der Waals surface area (Å²) in [7, 11) is 1.57. The molecule has 2 rings (SSSR count). The van der Waals surface area contributed by atoms with Crippen LogP contribution in [-0.4, -0.2) is 23.8 Å². The Morgan fingerprint density at radius 1 is 1.32 bits per heavy atom. The number of aliphatic hydroxyl groups is 1. The quantitative estimate of drug-likeness (QED) is 0.516. The van der Waals surface area contributed by atoms with Crippen molar-refractivity contribution in [3.63, 3.8) is 0 Å². The zero-order valence-corrected chi connectivity index (χ0v) is 11.9. The molecule has 0 bridgehead atoms. The lowest BCUT2D eigenvalue weighted by atomic mass is 9.80. The summed E-state index contributed by atoms with van der Waals surface area (Å²) >= 11 is 3.43. The maximum atomic E-state index is 11.8. The summed E-state index contributed by atoms with van der Waals surface area (Å²) in [5.74, 6) is -0.147. The summed E-state index contributed by atoms with van der Waals surface area (Å²) in [4.78, 5) is 23.6. The minimum Gasteiger partial charge on any atom is -0.515 e. The second kappa shape index (κ2) is 5.57. The average molecular weight is 325 g/mol. The molecule has 1 aliphatic rings. The van der Waals surface area contributed by atoms with Crippen LogP contribution in [0, 0.1) is 0 Å². The van der Waals surface area contributed by atoms with Crippen molar-refractivity contribution in [1.82, 2.24) is 0 Å². The number of hydrogen-bond donors (Lipinski definition) is 1. The van der Waals surface area contributed by atoms with Crippen LogP contribution < -0.4 is 4.74 Å². The molecule has 0 amide bonds.